The lowest BCUT2D eigenvalue weighted by molar-refractivity contribution is -0.143. The van der Waals surface area contributed by atoms with Crippen molar-refractivity contribution in [3.8, 4) is 5.69 Å². The van der Waals surface area contributed by atoms with Crippen molar-refractivity contribution in [1.82, 2.24) is 14.7 Å². The zero-order valence-corrected chi connectivity index (χ0v) is 15.2. The molecule has 1 saturated heterocycles. The number of piperidine rings is 1. The first kappa shape index (κ1) is 17.7. The topological polar surface area (TPSA) is 75.4 Å². The van der Waals surface area contributed by atoms with Gasteiger partial charge in [0.05, 0.1) is 5.92 Å². The Labute approximate surface area is 156 Å². The van der Waals surface area contributed by atoms with Gasteiger partial charge in [0, 0.05) is 24.3 Å². The predicted octanol–water partition coefficient (Wildman–Crippen LogP) is 2.75. The predicted molar refractivity (Wildman–Crippen MR) is 96.5 cm³/mol. The molecule has 0 bridgehead atoms. The van der Waals surface area contributed by atoms with Gasteiger partial charge < -0.3 is 10.0 Å². The Hall–Kier alpha value is -2.70. The van der Waals surface area contributed by atoms with Gasteiger partial charge in [0.15, 0.2) is 5.69 Å². The van der Waals surface area contributed by atoms with Crippen LogP contribution in [0.15, 0.2) is 18.2 Å². The maximum Gasteiger partial charge on any atom is 0.308 e. The highest BCUT2D eigenvalue weighted by Crippen LogP contribution is 2.30. The number of carbonyl (C=O) groups excluding carboxylic acids is 1. The van der Waals surface area contributed by atoms with Crippen molar-refractivity contribution in [2.24, 2.45) is 5.92 Å². The number of likely N-dealkylation sites (tertiary alicyclic amines) is 1. The molecule has 1 aliphatic heterocycles. The van der Waals surface area contributed by atoms with E-state index in [0.717, 1.165) is 36.1 Å². The van der Waals surface area contributed by atoms with Crippen LogP contribution in [0.2, 0.25) is 0 Å². The van der Waals surface area contributed by atoms with E-state index in [1.54, 1.807) is 21.7 Å². The number of halogens is 1. The Balaban J connectivity index is 1.71. The molecule has 4 rings (SSSR count). The van der Waals surface area contributed by atoms with Gasteiger partial charge in [-0.25, -0.2) is 9.07 Å². The van der Waals surface area contributed by atoms with Crippen LogP contribution in [0.5, 0.6) is 0 Å². The van der Waals surface area contributed by atoms with Gasteiger partial charge >= 0.3 is 5.97 Å². The molecule has 0 radical (unpaired) electrons. The van der Waals surface area contributed by atoms with Crippen LogP contribution < -0.4 is 0 Å². The van der Waals surface area contributed by atoms with E-state index in [9.17, 15) is 19.1 Å². The van der Waals surface area contributed by atoms with Gasteiger partial charge in [0.25, 0.3) is 5.91 Å². The number of fused-ring (bicyclic) bond motifs is 1. The van der Waals surface area contributed by atoms with Gasteiger partial charge in [-0.15, -0.1) is 0 Å². The van der Waals surface area contributed by atoms with Gasteiger partial charge in [-0.05, 0) is 56.7 Å². The molecule has 1 amide bonds. The minimum absolute atomic E-state index is 0.203. The summed E-state index contributed by atoms with van der Waals surface area (Å²) in [6.45, 7) is 2.62. The number of nitrogens with zero attached hydrogens (tertiary/aromatic N) is 3. The minimum Gasteiger partial charge on any atom is -0.481 e. The monoisotopic (exact) mass is 371 g/mol. The third-order valence-electron chi connectivity index (χ3n) is 5.52. The minimum atomic E-state index is -0.870. The van der Waals surface area contributed by atoms with E-state index in [1.807, 2.05) is 6.92 Å². The largest absolute Gasteiger partial charge is 0.481 e. The molecule has 0 saturated carbocycles. The Morgan fingerprint density at radius 2 is 2.07 bits per heavy atom. The molecule has 2 aliphatic rings. The molecular weight excluding hydrogens is 349 g/mol. The van der Waals surface area contributed by atoms with E-state index in [0.29, 0.717) is 30.8 Å². The SMILES string of the molecule is Cc1ccc(F)c(-n2nc(C(=O)N3CCC[C@H](C(=O)O)C3)c3c2CCC3)c1. The van der Waals surface area contributed by atoms with E-state index in [2.05, 4.69) is 5.10 Å². The van der Waals surface area contributed by atoms with Gasteiger partial charge in [0.1, 0.15) is 11.5 Å². The van der Waals surface area contributed by atoms with Crippen LogP contribution in [-0.2, 0) is 17.6 Å². The summed E-state index contributed by atoms with van der Waals surface area (Å²) in [6, 6.07) is 4.85. The molecule has 1 fully saturated rings. The van der Waals surface area contributed by atoms with Gasteiger partial charge in [-0.2, -0.15) is 5.10 Å². The Kier molecular flexibility index (Phi) is 4.45. The van der Waals surface area contributed by atoms with Crippen molar-refractivity contribution in [3.05, 3.63) is 46.5 Å². The molecule has 1 atom stereocenters. The van der Waals surface area contributed by atoms with E-state index < -0.39 is 11.9 Å². The highest BCUT2D eigenvalue weighted by atomic mass is 19.1. The first-order chi connectivity index (χ1) is 13.0. The number of benzene rings is 1. The fraction of sp³-hybridized carbons (Fsp3) is 0.450. The van der Waals surface area contributed by atoms with Crippen molar-refractivity contribution >= 4 is 11.9 Å². The molecular formula is C20H22FN3O3. The summed E-state index contributed by atoms with van der Waals surface area (Å²) in [5, 5.41) is 13.8. The van der Waals surface area contributed by atoms with E-state index in [1.165, 1.54) is 6.07 Å². The molecule has 0 unspecified atom stereocenters. The van der Waals surface area contributed by atoms with E-state index >= 15 is 0 Å². The molecule has 27 heavy (non-hydrogen) atoms. The fourth-order valence-corrected chi connectivity index (χ4v) is 4.11. The Bertz CT molecular complexity index is 921. The molecule has 7 heteroatoms. The van der Waals surface area contributed by atoms with E-state index in [4.69, 9.17) is 0 Å². The number of aryl methyl sites for hydroxylation is 1. The maximum atomic E-state index is 14.4. The summed E-state index contributed by atoms with van der Waals surface area (Å²) in [6.07, 6.45) is 3.64. The smallest absolute Gasteiger partial charge is 0.308 e. The third-order valence-corrected chi connectivity index (χ3v) is 5.52. The number of carbonyl (C=O) groups is 2. The van der Waals surface area contributed by atoms with Crippen molar-refractivity contribution in [2.75, 3.05) is 13.1 Å². The molecule has 142 valence electrons. The maximum absolute atomic E-state index is 14.4. The number of hydrogen-bond donors (Lipinski definition) is 1. The van der Waals surface area contributed by atoms with Gasteiger partial charge in [-0.3, -0.25) is 9.59 Å². The molecule has 1 N–H and O–H groups in total. The first-order valence-corrected chi connectivity index (χ1v) is 9.35. The summed E-state index contributed by atoms with van der Waals surface area (Å²) in [5.41, 5.74) is 3.37. The number of rotatable bonds is 3. The van der Waals surface area contributed by atoms with E-state index in [-0.39, 0.29) is 18.3 Å². The van der Waals surface area contributed by atoms with Crippen molar-refractivity contribution in [3.63, 3.8) is 0 Å². The fourth-order valence-electron chi connectivity index (χ4n) is 4.11. The van der Waals surface area contributed by atoms with Crippen LogP contribution in [0.1, 0.15) is 46.6 Å². The molecule has 6 nitrogen and oxygen atoms in total. The molecule has 1 aliphatic carbocycles. The van der Waals surface area contributed by atoms with Crippen LogP contribution in [0.25, 0.3) is 5.69 Å². The molecule has 1 aromatic carbocycles. The number of carboxylic acids is 1. The quantitative estimate of drug-likeness (QED) is 0.900. The zero-order chi connectivity index (χ0) is 19.1. The summed E-state index contributed by atoms with van der Waals surface area (Å²) in [5.74, 6) is -2.02. The highest BCUT2D eigenvalue weighted by molar-refractivity contribution is 5.94. The molecule has 1 aromatic heterocycles. The number of aliphatic carboxylic acids is 1. The second-order valence-corrected chi connectivity index (χ2v) is 7.42. The summed E-state index contributed by atoms with van der Waals surface area (Å²) < 4.78 is 16.0. The molecule has 0 spiro atoms. The summed E-state index contributed by atoms with van der Waals surface area (Å²) in [7, 11) is 0. The lowest BCUT2D eigenvalue weighted by Crippen LogP contribution is -2.42. The second kappa shape index (κ2) is 6.79. The third kappa shape index (κ3) is 3.11. The molecule has 2 heterocycles. The Morgan fingerprint density at radius 1 is 1.26 bits per heavy atom. The normalized spacial score (nSPS) is 19.2. The van der Waals surface area contributed by atoms with Crippen molar-refractivity contribution in [1.29, 1.82) is 0 Å². The van der Waals surface area contributed by atoms with Crippen molar-refractivity contribution in [2.45, 2.75) is 39.0 Å². The zero-order valence-electron chi connectivity index (χ0n) is 15.2. The average Bonchev–Trinajstić information content (AvgIpc) is 3.26. The van der Waals surface area contributed by atoms with Crippen LogP contribution in [-0.4, -0.2) is 44.8 Å². The lowest BCUT2D eigenvalue weighted by Gasteiger charge is -2.30. The van der Waals surface area contributed by atoms with Crippen molar-refractivity contribution < 1.29 is 19.1 Å². The van der Waals surface area contributed by atoms with Gasteiger partial charge in [0.2, 0.25) is 0 Å². The average molecular weight is 371 g/mol. The number of amides is 1. The number of hydrogen-bond acceptors (Lipinski definition) is 3. The summed E-state index contributed by atoms with van der Waals surface area (Å²) in [4.78, 5) is 26.0. The van der Waals surface area contributed by atoms with Gasteiger partial charge in [-0.1, -0.05) is 6.07 Å². The highest BCUT2D eigenvalue weighted by Gasteiger charge is 2.33. The van der Waals surface area contributed by atoms with Crippen LogP contribution in [0.3, 0.4) is 0 Å². The molecule has 2 aromatic rings. The van der Waals surface area contributed by atoms with Crippen LogP contribution in [0, 0.1) is 18.7 Å². The first-order valence-electron chi connectivity index (χ1n) is 9.35. The number of aromatic nitrogens is 2. The van der Waals surface area contributed by atoms with Crippen LogP contribution >= 0.6 is 0 Å². The summed E-state index contributed by atoms with van der Waals surface area (Å²) >= 11 is 0. The van der Waals surface area contributed by atoms with Crippen LogP contribution in [0.4, 0.5) is 4.39 Å². The second-order valence-electron chi connectivity index (χ2n) is 7.42. The lowest BCUT2D eigenvalue weighted by atomic mass is 9.98. The standard InChI is InChI=1S/C20H22FN3O3/c1-12-7-8-15(21)17(10-12)24-16-6-2-5-14(16)18(22-24)19(25)23-9-3-4-13(11-23)20(26)27/h7-8,10,13H,2-6,9,11H2,1H3,(H,26,27)/t13-/m0/s1. The number of carboxylic acid groups (broad SMARTS) is 1. The Morgan fingerprint density at radius 3 is 2.85 bits per heavy atom.